The Labute approximate surface area is 165 Å². The predicted octanol–water partition coefficient (Wildman–Crippen LogP) is 3.87. The van der Waals surface area contributed by atoms with Gasteiger partial charge in [-0.05, 0) is 60.5 Å². The zero-order valence-electron chi connectivity index (χ0n) is 15.9. The predicted molar refractivity (Wildman–Crippen MR) is 109 cm³/mol. The van der Waals surface area contributed by atoms with Crippen LogP contribution in [0.4, 0.5) is 0 Å². The summed E-state index contributed by atoms with van der Waals surface area (Å²) in [5.74, 6) is 1.10. The van der Waals surface area contributed by atoms with Gasteiger partial charge in [-0.15, -0.1) is 0 Å². The first-order valence-electron chi connectivity index (χ1n) is 9.56. The summed E-state index contributed by atoms with van der Waals surface area (Å²) in [6, 6.07) is 9.75. The van der Waals surface area contributed by atoms with Gasteiger partial charge in [0.15, 0.2) is 18.1 Å². The molecule has 3 rings (SSSR count). The first kappa shape index (κ1) is 19.7. The maximum Gasteiger partial charge on any atom is 0.258 e. The van der Waals surface area contributed by atoms with Crippen molar-refractivity contribution in [2.75, 3.05) is 33.4 Å². The van der Waals surface area contributed by atoms with E-state index in [9.17, 15) is 4.79 Å². The molecule has 1 N–H and O–H groups in total. The van der Waals surface area contributed by atoms with Crippen LogP contribution in [0.25, 0.3) is 0 Å². The van der Waals surface area contributed by atoms with Crippen molar-refractivity contribution in [3.63, 3.8) is 0 Å². The molecule has 5 nitrogen and oxygen atoms in total. The molecular formula is C21H28N2O3S. The number of para-hydroxylation sites is 2. The molecule has 2 heterocycles. The van der Waals surface area contributed by atoms with Gasteiger partial charge in [-0.2, -0.15) is 11.3 Å². The van der Waals surface area contributed by atoms with Crippen LogP contribution in [-0.4, -0.2) is 44.2 Å². The molecule has 1 saturated heterocycles. The molecule has 0 bridgehead atoms. The van der Waals surface area contributed by atoms with Gasteiger partial charge in [0.2, 0.25) is 0 Å². The number of methoxy groups -OCH3 is 1. The molecule has 0 radical (unpaired) electrons. The van der Waals surface area contributed by atoms with Crippen molar-refractivity contribution >= 4 is 17.2 Å². The van der Waals surface area contributed by atoms with Gasteiger partial charge in [-0.1, -0.05) is 25.0 Å². The topological polar surface area (TPSA) is 50.8 Å². The average molecular weight is 389 g/mol. The van der Waals surface area contributed by atoms with Gasteiger partial charge < -0.3 is 14.8 Å². The molecule has 1 amide bonds. The van der Waals surface area contributed by atoms with Gasteiger partial charge in [0.25, 0.3) is 5.91 Å². The second-order valence-corrected chi connectivity index (χ2v) is 7.55. The summed E-state index contributed by atoms with van der Waals surface area (Å²) in [6.07, 6.45) is 5.05. The molecule has 0 spiro atoms. The van der Waals surface area contributed by atoms with Gasteiger partial charge in [0.1, 0.15) is 0 Å². The van der Waals surface area contributed by atoms with Crippen LogP contribution < -0.4 is 14.8 Å². The molecule has 1 fully saturated rings. The summed E-state index contributed by atoms with van der Waals surface area (Å²) in [7, 11) is 1.59. The summed E-state index contributed by atoms with van der Waals surface area (Å²) in [4.78, 5) is 14.9. The van der Waals surface area contributed by atoms with E-state index in [2.05, 4.69) is 27.0 Å². The zero-order valence-corrected chi connectivity index (χ0v) is 16.7. The van der Waals surface area contributed by atoms with E-state index in [1.165, 1.54) is 31.2 Å². The fourth-order valence-electron chi connectivity index (χ4n) is 3.47. The van der Waals surface area contributed by atoms with Crippen molar-refractivity contribution in [1.82, 2.24) is 10.2 Å². The van der Waals surface area contributed by atoms with Crippen LogP contribution in [0.15, 0.2) is 41.1 Å². The summed E-state index contributed by atoms with van der Waals surface area (Å²) in [6.45, 7) is 2.77. The molecule has 0 unspecified atom stereocenters. The molecule has 1 aromatic carbocycles. The Morgan fingerprint density at radius 1 is 1.15 bits per heavy atom. The third kappa shape index (κ3) is 5.71. The van der Waals surface area contributed by atoms with Gasteiger partial charge in [-0.3, -0.25) is 9.69 Å². The average Bonchev–Trinajstić information content (AvgIpc) is 3.09. The highest BCUT2D eigenvalue weighted by Gasteiger charge is 2.22. The molecule has 1 aromatic heterocycles. The standard InChI is InChI=1S/C21H28N2O3S/c1-25-19-8-4-5-9-20(19)26-15-21(24)22-14-18(17-10-13-27-16-17)23-11-6-2-3-7-12-23/h4-5,8-10,13,16,18H,2-3,6-7,11-12,14-15H2,1H3,(H,22,24)/t18-/m0/s1. The molecule has 146 valence electrons. The minimum atomic E-state index is -0.115. The number of nitrogens with zero attached hydrogens (tertiary/aromatic N) is 1. The van der Waals surface area contributed by atoms with Gasteiger partial charge in [-0.25, -0.2) is 0 Å². The minimum Gasteiger partial charge on any atom is -0.493 e. The normalized spacial score (nSPS) is 16.3. The van der Waals surface area contributed by atoms with E-state index in [-0.39, 0.29) is 18.6 Å². The first-order chi connectivity index (χ1) is 13.3. The monoisotopic (exact) mass is 388 g/mol. The van der Waals surface area contributed by atoms with Gasteiger partial charge in [0.05, 0.1) is 13.2 Å². The summed E-state index contributed by atoms with van der Waals surface area (Å²) in [5, 5.41) is 7.35. The lowest BCUT2D eigenvalue weighted by molar-refractivity contribution is -0.123. The third-order valence-electron chi connectivity index (χ3n) is 4.93. The quantitative estimate of drug-likeness (QED) is 0.746. The Balaban J connectivity index is 1.55. The molecule has 2 aromatic rings. The first-order valence-corrected chi connectivity index (χ1v) is 10.5. The van der Waals surface area contributed by atoms with Crippen molar-refractivity contribution in [2.24, 2.45) is 0 Å². The van der Waals surface area contributed by atoms with E-state index in [1.54, 1.807) is 24.5 Å². The number of benzene rings is 1. The van der Waals surface area contributed by atoms with Crippen LogP contribution in [0.3, 0.4) is 0 Å². The van der Waals surface area contributed by atoms with Crippen LogP contribution in [0.2, 0.25) is 0 Å². The second-order valence-electron chi connectivity index (χ2n) is 6.77. The van der Waals surface area contributed by atoms with Crippen LogP contribution >= 0.6 is 11.3 Å². The maximum absolute atomic E-state index is 12.3. The fourth-order valence-corrected chi connectivity index (χ4v) is 4.18. The number of hydrogen-bond donors (Lipinski definition) is 1. The second kappa shape index (κ2) is 10.3. The van der Waals surface area contributed by atoms with Crippen molar-refractivity contribution in [1.29, 1.82) is 0 Å². The van der Waals surface area contributed by atoms with Crippen LogP contribution in [0.5, 0.6) is 11.5 Å². The SMILES string of the molecule is COc1ccccc1OCC(=O)NC[C@@H](c1ccsc1)N1CCCCCC1. The lowest BCUT2D eigenvalue weighted by Crippen LogP contribution is -2.40. The molecule has 0 aliphatic carbocycles. The van der Waals surface area contributed by atoms with Crippen molar-refractivity contribution in [3.05, 3.63) is 46.7 Å². The number of nitrogens with one attached hydrogen (secondary N) is 1. The molecule has 27 heavy (non-hydrogen) atoms. The molecule has 1 aliphatic rings. The molecule has 1 aliphatic heterocycles. The van der Waals surface area contributed by atoms with Gasteiger partial charge in [0, 0.05) is 6.54 Å². The minimum absolute atomic E-state index is 0.0171. The molecular weight excluding hydrogens is 360 g/mol. The molecule has 1 atom stereocenters. The van der Waals surface area contributed by atoms with E-state index >= 15 is 0 Å². The highest BCUT2D eigenvalue weighted by Crippen LogP contribution is 2.26. The number of amides is 1. The zero-order chi connectivity index (χ0) is 18.9. The van der Waals surface area contributed by atoms with E-state index in [0.29, 0.717) is 18.0 Å². The number of rotatable bonds is 8. The fraction of sp³-hybridized carbons (Fsp3) is 0.476. The van der Waals surface area contributed by atoms with E-state index in [4.69, 9.17) is 9.47 Å². The van der Waals surface area contributed by atoms with Gasteiger partial charge >= 0.3 is 0 Å². The van der Waals surface area contributed by atoms with Crippen LogP contribution in [0.1, 0.15) is 37.3 Å². The summed E-state index contributed by atoms with van der Waals surface area (Å²) in [5.41, 5.74) is 1.29. The lowest BCUT2D eigenvalue weighted by atomic mass is 10.1. The van der Waals surface area contributed by atoms with E-state index in [1.807, 2.05) is 18.2 Å². The Morgan fingerprint density at radius 3 is 2.56 bits per heavy atom. The Bertz CT molecular complexity index is 697. The van der Waals surface area contributed by atoms with Crippen molar-refractivity contribution < 1.29 is 14.3 Å². The smallest absolute Gasteiger partial charge is 0.258 e. The number of hydrogen-bond acceptors (Lipinski definition) is 5. The van der Waals surface area contributed by atoms with E-state index < -0.39 is 0 Å². The number of carbonyl (C=O) groups is 1. The van der Waals surface area contributed by atoms with E-state index in [0.717, 1.165) is 13.1 Å². The van der Waals surface area contributed by atoms with Crippen molar-refractivity contribution in [2.45, 2.75) is 31.7 Å². The Morgan fingerprint density at radius 2 is 1.89 bits per heavy atom. The van der Waals surface area contributed by atoms with Crippen LogP contribution in [0, 0.1) is 0 Å². The third-order valence-corrected chi connectivity index (χ3v) is 5.63. The number of likely N-dealkylation sites (tertiary alicyclic amines) is 1. The molecule has 0 saturated carbocycles. The Kier molecular flexibility index (Phi) is 7.54. The number of thiophene rings is 1. The summed E-state index contributed by atoms with van der Waals surface area (Å²) >= 11 is 1.71. The largest absolute Gasteiger partial charge is 0.493 e. The van der Waals surface area contributed by atoms with Crippen molar-refractivity contribution in [3.8, 4) is 11.5 Å². The Hall–Kier alpha value is -2.05. The maximum atomic E-state index is 12.3. The highest BCUT2D eigenvalue weighted by atomic mass is 32.1. The molecule has 6 heteroatoms. The highest BCUT2D eigenvalue weighted by molar-refractivity contribution is 7.07. The number of carbonyl (C=O) groups excluding carboxylic acids is 1. The van der Waals surface area contributed by atoms with Crippen LogP contribution in [-0.2, 0) is 4.79 Å². The number of ether oxygens (including phenoxy) is 2. The summed E-state index contributed by atoms with van der Waals surface area (Å²) < 4.78 is 10.9. The lowest BCUT2D eigenvalue weighted by Gasteiger charge is -2.30.